The van der Waals surface area contributed by atoms with Crippen LogP contribution in [0.2, 0.25) is 0 Å². The molecule has 2 heterocycles. The Hall–Kier alpha value is -2.76. The van der Waals surface area contributed by atoms with Crippen LogP contribution in [0.3, 0.4) is 0 Å². The van der Waals surface area contributed by atoms with E-state index in [0.29, 0.717) is 6.54 Å². The number of fused-ring (bicyclic) bond motifs is 2. The number of nitrogens with zero attached hydrogens (tertiary/aromatic N) is 2. The number of benzene rings is 2. The molecule has 0 unspecified atom stereocenters. The summed E-state index contributed by atoms with van der Waals surface area (Å²) in [7, 11) is 0. The van der Waals surface area contributed by atoms with Gasteiger partial charge in [0.15, 0.2) is 0 Å². The Bertz CT molecular complexity index is 1070. The third kappa shape index (κ3) is 3.83. The number of nitrogens with one attached hydrogen (secondary N) is 1. The lowest BCUT2D eigenvalue weighted by Gasteiger charge is -2.27. The number of aryl methyl sites for hydroxylation is 1. The first-order valence-electron chi connectivity index (χ1n) is 10.8. The van der Waals surface area contributed by atoms with Gasteiger partial charge in [-0.3, -0.25) is 14.7 Å². The normalized spacial score (nSPS) is 16.5. The Balaban J connectivity index is 1.38. The Labute approximate surface area is 177 Å². The van der Waals surface area contributed by atoms with Gasteiger partial charge in [0.2, 0.25) is 0 Å². The highest BCUT2D eigenvalue weighted by molar-refractivity contribution is 6.07. The second kappa shape index (κ2) is 8.54. The third-order valence-electron chi connectivity index (χ3n) is 6.20. The molecule has 0 atom stereocenters. The Morgan fingerprint density at radius 2 is 1.77 bits per heavy atom. The van der Waals surface area contributed by atoms with Crippen molar-refractivity contribution in [2.45, 2.75) is 32.4 Å². The molecule has 0 radical (unpaired) electrons. The van der Waals surface area contributed by atoms with Crippen LogP contribution in [0.4, 0.5) is 0 Å². The molecule has 1 fully saturated rings. The molecule has 5 heteroatoms. The molecule has 154 valence electrons. The molecule has 5 nitrogen and oxygen atoms in total. The largest absolute Gasteiger partial charge is 0.379 e. The summed E-state index contributed by atoms with van der Waals surface area (Å²) < 4.78 is 5.46. The molecule has 1 aliphatic carbocycles. The van der Waals surface area contributed by atoms with Gasteiger partial charge in [0.05, 0.1) is 24.3 Å². The lowest BCUT2D eigenvalue weighted by Crippen LogP contribution is -2.36. The van der Waals surface area contributed by atoms with Crippen LogP contribution in [0.25, 0.3) is 10.9 Å². The first-order valence-corrected chi connectivity index (χ1v) is 10.8. The molecule has 0 saturated carbocycles. The molecule has 5 rings (SSSR count). The van der Waals surface area contributed by atoms with E-state index in [0.717, 1.165) is 79.8 Å². The Kier molecular flexibility index (Phi) is 5.47. The second-order valence-electron chi connectivity index (χ2n) is 8.12. The predicted octanol–water partition coefficient (Wildman–Crippen LogP) is 3.49. The van der Waals surface area contributed by atoms with Crippen LogP contribution in [0.15, 0.2) is 48.5 Å². The molecule has 0 bridgehead atoms. The Morgan fingerprint density at radius 3 is 2.63 bits per heavy atom. The van der Waals surface area contributed by atoms with Gasteiger partial charge in [-0.2, -0.15) is 0 Å². The van der Waals surface area contributed by atoms with Crippen molar-refractivity contribution in [3.8, 4) is 0 Å². The lowest BCUT2D eigenvalue weighted by molar-refractivity contribution is 0.0340. The molecule has 3 aromatic rings. The van der Waals surface area contributed by atoms with Crippen molar-refractivity contribution < 1.29 is 9.53 Å². The Morgan fingerprint density at radius 1 is 1.00 bits per heavy atom. The molecule has 1 saturated heterocycles. The van der Waals surface area contributed by atoms with Crippen LogP contribution in [-0.2, 0) is 30.7 Å². The molecule has 1 amide bonds. The molecule has 0 spiro atoms. The van der Waals surface area contributed by atoms with Crippen molar-refractivity contribution >= 4 is 16.8 Å². The molecule has 1 aromatic heterocycles. The van der Waals surface area contributed by atoms with E-state index < -0.39 is 0 Å². The number of amides is 1. The number of hydrogen-bond acceptors (Lipinski definition) is 4. The number of carbonyl (C=O) groups excluding carboxylic acids is 1. The fourth-order valence-electron chi connectivity index (χ4n) is 4.62. The first-order chi connectivity index (χ1) is 14.8. The van der Waals surface area contributed by atoms with Crippen molar-refractivity contribution in [1.82, 2.24) is 15.2 Å². The average Bonchev–Trinajstić information content (AvgIpc) is 3.25. The molecule has 1 N–H and O–H groups in total. The highest BCUT2D eigenvalue weighted by atomic mass is 16.5. The first kappa shape index (κ1) is 19.2. The molecule has 2 aromatic carbocycles. The second-order valence-corrected chi connectivity index (χ2v) is 8.12. The summed E-state index contributed by atoms with van der Waals surface area (Å²) in [5, 5.41) is 4.16. The standard InChI is InChI=1S/C25H27N3O2/c29-25(24-20-8-3-4-10-22(20)27-23-11-5-9-21(23)24)26-16-18-6-1-2-7-19(18)17-28-12-14-30-15-13-28/h1-4,6-8,10H,5,9,11-17H2,(H,26,29). The van der Waals surface area contributed by atoms with Gasteiger partial charge in [-0.1, -0.05) is 42.5 Å². The van der Waals surface area contributed by atoms with Gasteiger partial charge in [-0.25, -0.2) is 0 Å². The third-order valence-corrected chi connectivity index (χ3v) is 6.20. The van der Waals surface area contributed by atoms with E-state index in [1.807, 2.05) is 30.3 Å². The minimum absolute atomic E-state index is 0.00734. The fourth-order valence-corrected chi connectivity index (χ4v) is 4.62. The number of pyridine rings is 1. The number of morpholine rings is 1. The van der Waals surface area contributed by atoms with Crippen LogP contribution in [-0.4, -0.2) is 42.1 Å². The smallest absolute Gasteiger partial charge is 0.252 e. The summed E-state index contributed by atoms with van der Waals surface area (Å²) in [5.41, 5.74) is 6.39. The minimum Gasteiger partial charge on any atom is -0.379 e. The van der Waals surface area contributed by atoms with Crippen molar-refractivity contribution in [3.63, 3.8) is 0 Å². The van der Waals surface area contributed by atoms with Gasteiger partial charge in [-0.05, 0) is 42.0 Å². The molecular weight excluding hydrogens is 374 g/mol. The van der Waals surface area contributed by atoms with Crippen molar-refractivity contribution in [2.24, 2.45) is 0 Å². The van der Waals surface area contributed by atoms with E-state index >= 15 is 0 Å². The highest BCUT2D eigenvalue weighted by Crippen LogP contribution is 2.30. The maximum atomic E-state index is 13.3. The van der Waals surface area contributed by atoms with E-state index in [2.05, 4.69) is 28.4 Å². The molecule has 1 aliphatic heterocycles. The number of rotatable bonds is 5. The van der Waals surface area contributed by atoms with Crippen molar-refractivity contribution in [2.75, 3.05) is 26.3 Å². The van der Waals surface area contributed by atoms with Crippen molar-refractivity contribution in [3.05, 3.63) is 76.5 Å². The monoisotopic (exact) mass is 401 g/mol. The number of hydrogen-bond donors (Lipinski definition) is 1. The zero-order chi connectivity index (χ0) is 20.3. The lowest BCUT2D eigenvalue weighted by atomic mass is 10.00. The predicted molar refractivity (Wildman–Crippen MR) is 117 cm³/mol. The van der Waals surface area contributed by atoms with Crippen LogP contribution in [0.5, 0.6) is 0 Å². The SMILES string of the molecule is O=C(NCc1ccccc1CN1CCOCC1)c1c2c(nc3ccccc13)CCC2. The molecular formula is C25H27N3O2. The minimum atomic E-state index is 0.00734. The summed E-state index contributed by atoms with van der Waals surface area (Å²) in [6.45, 7) is 4.91. The van der Waals surface area contributed by atoms with Crippen molar-refractivity contribution in [1.29, 1.82) is 0 Å². The van der Waals surface area contributed by atoms with Crippen LogP contribution in [0.1, 0.15) is 39.2 Å². The van der Waals surface area contributed by atoms with Gasteiger partial charge < -0.3 is 10.1 Å². The highest BCUT2D eigenvalue weighted by Gasteiger charge is 2.23. The van der Waals surface area contributed by atoms with Crippen LogP contribution in [0, 0.1) is 0 Å². The molecule has 2 aliphatic rings. The number of aromatic nitrogens is 1. The van der Waals surface area contributed by atoms with Gasteiger partial charge >= 0.3 is 0 Å². The van der Waals surface area contributed by atoms with Gasteiger partial charge in [0.25, 0.3) is 5.91 Å². The fraction of sp³-hybridized carbons (Fsp3) is 0.360. The van der Waals surface area contributed by atoms with E-state index in [-0.39, 0.29) is 5.91 Å². The number of para-hydroxylation sites is 1. The zero-order valence-corrected chi connectivity index (χ0v) is 17.2. The number of ether oxygens (including phenoxy) is 1. The van der Waals surface area contributed by atoms with E-state index in [4.69, 9.17) is 9.72 Å². The van der Waals surface area contributed by atoms with E-state index in [1.54, 1.807) is 0 Å². The summed E-state index contributed by atoms with van der Waals surface area (Å²) in [6.07, 6.45) is 2.97. The summed E-state index contributed by atoms with van der Waals surface area (Å²) in [5.74, 6) is 0.00734. The van der Waals surface area contributed by atoms with Gasteiger partial charge in [0.1, 0.15) is 0 Å². The maximum absolute atomic E-state index is 13.3. The zero-order valence-electron chi connectivity index (χ0n) is 17.2. The molecule has 30 heavy (non-hydrogen) atoms. The van der Waals surface area contributed by atoms with E-state index in [1.165, 1.54) is 11.1 Å². The number of carbonyl (C=O) groups is 1. The van der Waals surface area contributed by atoms with Gasteiger partial charge in [0, 0.05) is 37.3 Å². The van der Waals surface area contributed by atoms with Crippen LogP contribution >= 0.6 is 0 Å². The maximum Gasteiger partial charge on any atom is 0.252 e. The average molecular weight is 402 g/mol. The van der Waals surface area contributed by atoms with Crippen LogP contribution < -0.4 is 5.32 Å². The summed E-state index contributed by atoms with van der Waals surface area (Å²) in [4.78, 5) is 20.5. The van der Waals surface area contributed by atoms with E-state index in [9.17, 15) is 4.79 Å². The summed E-state index contributed by atoms with van der Waals surface area (Å²) in [6, 6.07) is 16.4. The summed E-state index contributed by atoms with van der Waals surface area (Å²) >= 11 is 0. The topological polar surface area (TPSA) is 54.5 Å². The van der Waals surface area contributed by atoms with Gasteiger partial charge in [-0.15, -0.1) is 0 Å². The quantitative estimate of drug-likeness (QED) is 0.711.